The van der Waals surface area contributed by atoms with E-state index in [2.05, 4.69) is 23.6 Å². The summed E-state index contributed by atoms with van der Waals surface area (Å²) in [4.78, 5) is 62.3. The van der Waals surface area contributed by atoms with Crippen LogP contribution in [0.1, 0.15) is 24.8 Å². The molecule has 0 aliphatic carbocycles. The number of aliphatic hydroxyl groups is 2. The number of nitrogen functional groups attached to an aromatic ring is 1. The third-order valence-corrected chi connectivity index (χ3v) is 10.2. The van der Waals surface area contributed by atoms with E-state index in [1.54, 1.807) is 0 Å². The minimum atomic E-state index is -5.79. The summed E-state index contributed by atoms with van der Waals surface area (Å²) >= 11 is 0. The minimum Gasteiger partial charge on any atom is -0.387 e. The van der Waals surface area contributed by atoms with Gasteiger partial charge in [-0.2, -0.15) is 9.29 Å². The molecule has 0 spiro atoms. The van der Waals surface area contributed by atoms with Gasteiger partial charge in [-0.25, -0.2) is 23.6 Å². The molecule has 43 heavy (non-hydrogen) atoms. The number of hydrogen-bond acceptors (Lipinski definition) is 16. The number of H-pyrrole nitrogens is 1. The van der Waals surface area contributed by atoms with Crippen LogP contribution in [0, 0.1) is 15.3 Å². The molecule has 0 radical (unpaired) electrons. The van der Waals surface area contributed by atoms with Crippen molar-refractivity contribution in [1.29, 1.82) is 5.16 Å². The van der Waals surface area contributed by atoms with Crippen molar-refractivity contribution in [2.45, 2.75) is 37.6 Å². The van der Waals surface area contributed by atoms with E-state index in [0.717, 1.165) is 23.9 Å². The molecular formula is C18H24N7O15P3. The number of imidazole rings is 1. The second-order valence-corrected chi connectivity index (χ2v) is 13.5. The Morgan fingerprint density at radius 1 is 1.21 bits per heavy atom. The molecule has 9 N–H and O–H groups in total. The highest BCUT2D eigenvalue weighted by atomic mass is 31.3. The van der Waals surface area contributed by atoms with Gasteiger partial charge in [-0.15, -0.1) is 0 Å². The maximum absolute atomic E-state index is 12.3. The SMILES string of the molecule is CC(OP(=O)(O)OP(=O)(O)OP(=N)(O)OCC1OC(n2cnc3c(=O)[nH]c(N)nc32)C(O)C1O)c1ccccc1[N+](=O)[O-]. The Balaban J connectivity index is 1.39. The number of hydrogen-bond donors (Lipinski definition) is 8. The molecule has 3 heterocycles. The van der Waals surface area contributed by atoms with Gasteiger partial charge in [-0.05, 0) is 13.0 Å². The number of rotatable bonds is 12. The number of anilines is 1. The number of nitro benzene ring substituents is 1. The molecule has 1 aliphatic heterocycles. The lowest BCUT2D eigenvalue weighted by Gasteiger charge is -2.23. The molecule has 0 bridgehead atoms. The first-order chi connectivity index (χ1) is 19.9. The number of benzene rings is 1. The fraction of sp³-hybridized carbons (Fsp3) is 0.389. The zero-order valence-electron chi connectivity index (χ0n) is 21.5. The normalized spacial score (nSPS) is 25.5. The maximum atomic E-state index is 12.3. The Morgan fingerprint density at radius 3 is 2.56 bits per heavy atom. The maximum Gasteiger partial charge on any atom is 0.488 e. The Hall–Kier alpha value is -2.94. The van der Waals surface area contributed by atoms with E-state index in [1.165, 1.54) is 18.2 Å². The molecule has 1 aliphatic rings. The third kappa shape index (κ3) is 7.59. The first kappa shape index (κ1) is 33.0. The van der Waals surface area contributed by atoms with Crippen LogP contribution >= 0.6 is 23.4 Å². The average molecular weight is 671 g/mol. The van der Waals surface area contributed by atoms with Crippen molar-refractivity contribution in [3.05, 3.63) is 56.6 Å². The average Bonchev–Trinajstić information content (AvgIpc) is 3.41. The Labute approximate surface area is 239 Å². The number of fused-ring (bicyclic) bond motifs is 1. The lowest BCUT2D eigenvalue weighted by molar-refractivity contribution is -0.386. The van der Waals surface area contributed by atoms with E-state index >= 15 is 0 Å². The first-order valence-electron chi connectivity index (χ1n) is 11.6. The van der Waals surface area contributed by atoms with Gasteiger partial charge in [-0.1, -0.05) is 12.1 Å². The van der Waals surface area contributed by atoms with Crippen LogP contribution in [0.3, 0.4) is 0 Å². The van der Waals surface area contributed by atoms with E-state index in [-0.39, 0.29) is 22.7 Å². The molecule has 0 amide bonds. The van der Waals surface area contributed by atoms with E-state index < -0.39 is 76.8 Å². The van der Waals surface area contributed by atoms with Gasteiger partial charge >= 0.3 is 23.4 Å². The molecule has 0 saturated carbocycles. The molecule has 4 rings (SSSR count). The van der Waals surface area contributed by atoms with E-state index in [9.17, 15) is 48.9 Å². The predicted molar refractivity (Wildman–Crippen MR) is 141 cm³/mol. The smallest absolute Gasteiger partial charge is 0.387 e. The number of phosphoric acid groups is 2. The number of aromatic amines is 1. The van der Waals surface area contributed by atoms with Crippen molar-refractivity contribution >= 4 is 46.2 Å². The second-order valence-electron chi connectivity index (χ2n) is 8.80. The van der Waals surface area contributed by atoms with Gasteiger partial charge in [0.2, 0.25) is 5.95 Å². The number of para-hydroxylation sites is 1. The van der Waals surface area contributed by atoms with E-state index in [0.29, 0.717) is 0 Å². The van der Waals surface area contributed by atoms with Crippen LogP contribution in [0.25, 0.3) is 11.2 Å². The van der Waals surface area contributed by atoms with E-state index in [4.69, 9.17) is 24.7 Å². The van der Waals surface area contributed by atoms with Crippen molar-refractivity contribution in [1.82, 2.24) is 19.5 Å². The summed E-state index contributed by atoms with van der Waals surface area (Å²) < 4.78 is 49.0. The fourth-order valence-electron chi connectivity index (χ4n) is 3.98. The van der Waals surface area contributed by atoms with Crippen molar-refractivity contribution < 1.29 is 61.4 Å². The second kappa shape index (κ2) is 12.2. The zero-order valence-corrected chi connectivity index (χ0v) is 24.2. The van der Waals surface area contributed by atoms with Gasteiger partial charge in [0, 0.05) is 6.07 Å². The van der Waals surface area contributed by atoms with Crippen molar-refractivity contribution in [2.75, 3.05) is 12.3 Å². The number of nitrogens with two attached hydrogens (primary N) is 1. The monoisotopic (exact) mass is 671 g/mol. The molecule has 3 aromatic rings. The van der Waals surface area contributed by atoms with Gasteiger partial charge in [0.25, 0.3) is 11.2 Å². The van der Waals surface area contributed by atoms with Crippen LogP contribution in [-0.2, 0) is 31.5 Å². The summed E-state index contributed by atoms with van der Waals surface area (Å²) in [5, 5.41) is 39.8. The van der Waals surface area contributed by atoms with Gasteiger partial charge in [-0.3, -0.25) is 33.5 Å². The largest absolute Gasteiger partial charge is 0.488 e. The summed E-state index contributed by atoms with van der Waals surface area (Å²) in [6.07, 6.45) is -6.82. The number of aromatic nitrogens is 4. The number of nitrogens with zero attached hydrogens (tertiary/aromatic N) is 4. The molecular weight excluding hydrogens is 647 g/mol. The molecule has 25 heteroatoms. The lowest BCUT2D eigenvalue weighted by Crippen LogP contribution is -2.33. The van der Waals surface area contributed by atoms with Crippen LogP contribution in [0.15, 0.2) is 35.4 Å². The van der Waals surface area contributed by atoms with Crippen molar-refractivity contribution in [3.63, 3.8) is 0 Å². The third-order valence-electron chi connectivity index (χ3n) is 5.76. The van der Waals surface area contributed by atoms with Gasteiger partial charge in [0.1, 0.15) is 18.3 Å². The van der Waals surface area contributed by atoms with Crippen molar-refractivity contribution in [3.8, 4) is 0 Å². The lowest BCUT2D eigenvalue weighted by atomic mass is 10.1. The molecule has 236 valence electrons. The highest BCUT2D eigenvalue weighted by molar-refractivity contribution is 7.67. The molecule has 22 nitrogen and oxygen atoms in total. The Bertz CT molecular complexity index is 1730. The number of nitro groups is 1. The summed E-state index contributed by atoms with van der Waals surface area (Å²) in [5.74, 6) is -0.280. The number of ether oxygens (including phenoxy) is 1. The van der Waals surface area contributed by atoms with Crippen LogP contribution < -0.4 is 11.3 Å². The number of nitrogens with one attached hydrogen (secondary N) is 2. The quantitative estimate of drug-likeness (QED) is 0.0748. The van der Waals surface area contributed by atoms with Gasteiger partial charge in [0.05, 0.1) is 29.5 Å². The number of aliphatic hydroxyl groups excluding tert-OH is 2. The Morgan fingerprint density at radius 2 is 1.88 bits per heavy atom. The minimum absolute atomic E-state index is 0.114. The first-order valence-corrected chi connectivity index (χ1v) is 16.2. The summed E-state index contributed by atoms with van der Waals surface area (Å²) in [6.45, 7) is 0.173. The van der Waals surface area contributed by atoms with Crippen LogP contribution in [0.5, 0.6) is 0 Å². The highest BCUT2D eigenvalue weighted by Gasteiger charge is 2.46. The zero-order chi connectivity index (χ0) is 31.9. The molecule has 2 aromatic heterocycles. The van der Waals surface area contributed by atoms with Crippen LogP contribution in [0.2, 0.25) is 0 Å². The molecule has 1 saturated heterocycles. The summed E-state index contributed by atoms with van der Waals surface area (Å²) in [6, 6.07) is 4.97. The standard InChI is InChI=1S/C18H24N7O15P3/c1-8(9-4-2-3-5-10(9)25(29)30)38-42(32,33)40-43(34,35)39-41(20,31)36-6-11-13(26)14(27)17(37-11)24-7-21-12-15(24)22-18(19)23-16(12)28/h2-5,7-8,11,13-14,17,26-27H,6H2,1H3,(H2,20,31)(H,32,33)(H,34,35)(H3,19,22,23,28). The molecule has 1 fully saturated rings. The molecule has 8 unspecified atom stereocenters. The summed E-state index contributed by atoms with van der Waals surface area (Å²) in [7, 11) is -16.5. The number of phosphoric ester groups is 1. The van der Waals surface area contributed by atoms with Gasteiger partial charge < -0.3 is 35.4 Å². The Kier molecular flexibility index (Phi) is 9.36. The fourth-order valence-corrected chi connectivity index (χ4v) is 7.74. The molecule has 8 atom stereocenters. The van der Waals surface area contributed by atoms with Crippen molar-refractivity contribution in [2.24, 2.45) is 0 Å². The topological polar surface area (TPSA) is 338 Å². The van der Waals surface area contributed by atoms with E-state index in [1.807, 2.05) is 0 Å². The van der Waals surface area contributed by atoms with Crippen LogP contribution in [0.4, 0.5) is 11.6 Å². The highest BCUT2D eigenvalue weighted by Crippen LogP contribution is 2.68. The van der Waals surface area contributed by atoms with Crippen LogP contribution in [-0.4, -0.2) is 74.3 Å². The van der Waals surface area contributed by atoms with Gasteiger partial charge in [0.15, 0.2) is 17.4 Å². The predicted octanol–water partition coefficient (Wildman–Crippen LogP) is 0.775. The summed E-state index contributed by atoms with van der Waals surface area (Å²) in [5.41, 5.74) is 3.89. The molecule has 1 aromatic carbocycles.